The van der Waals surface area contributed by atoms with Gasteiger partial charge in [0, 0.05) is 38.9 Å². The lowest BCUT2D eigenvalue weighted by Crippen LogP contribution is -2.41. The first-order chi connectivity index (χ1) is 11.7. The first-order valence-electron chi connectivity index (χ1n) is 9.17. The van der Waals surface area contributed by atoms with Gasteiger partial charge in [0.1, 0.15) is 5.82 Å². The largest absolute Gasteiger partial charge is 0.381 e. The smallest absolute Gasteiger partial charge is 0.123 e. The van der Waals surface area contributed by atoms with Gasteiger partial charge in [-0.3, -0.25) is 9.80 Å². The Morgan fingerprint density at radius 3 is 2.62 bits per heavy atom. The lowest BCUT2D eigenvalue weighted by Gasteiger charge is -2.33. The number of ether oxygens (including phenoxy) is 1. The van der Waals surface area contributed by atoms with Crippen molar-refractivity contribution in [2.24, 2.45) is 0 Å². The van der Waals surface area contributed by atoms with Gasteiger partial charge in [-0.15, -0.1) is 0 Å². The number of hydrogen-bond donors (Lipinski definition) is 0. The third-order valence-corrected chi connectivity index (χ3v) is 5.09. The highest BCUT2D eigenvalue weighted by Crippen LogP contribution is 2.17. The predicted molar refractivity (Wildman–Crippen MR) is 96.5 cm³/mol. The molecule has 0 amide bonds. The molecule has 0 saturated carbocycles. The lowest BCUT2D eigenvalue weighted by molar-refractivity contribution is 0.0355. The van der Waals surface area contributed by atoms with Crippen LogP contribution >= 0.6 is 0 Å². The van der Waals surface area contributed by atoms with Crippen molar-refractivity contribution >= 4 is 6.08 Å². The van der Waals surface area contributed by atoms with E-state index in [1.807, 2.05) is 12.1 Å². The van der Waals surface area contributed by atoms with Crippen molar-refractivity contribution in [2.75, 3.05) is 45.9 Å². The molecule has 0 radical (unpaired) electrons. The minimum Gasteiger partial charge on any atom is -0.381 e. The Bertz CT molecular complexity index is 537. The van der Waals surface area contributed by atoms with Crippen LogP contribution in [0.1, 0.15) is 31.7 Å². The summed E-state index contributed by atoms with van der Waals surface area (Å²) in [5.74, 6) is -0.175. The van der Waals surface area contributed by atoms with Crippen LogP contribution in [0.25, 0.3) is 6.08 Å². The number of hydrogen-bond acceptors (Lipinski definition) is 3. The highest BCUT2D eigenvalue weighted by atomic mass is 19.1. The summed E-state index contributed by atoms with van der Waals surface area (Å²) in [5, 5.41) is 0. The predicted octanol–water partition coefficient (Wildman–Crippen LogP) is 3.42. The number of rotatable bonds is 4. The van der Waals surface area contributed by atoms with E-state index in [0.717, 1.165) is 51.0 Å². The zero-order valence-corrected chi connectivity index (χ0v) is 14.7. The van der Waals surface area contributed by atoms with Crippen molar-refractivity contribution < 1.29 is 9.13 Å². The Morgan fingerprint density at radius 1 is 1.12 bits per heavy atom. The third-order valence-electron chi connectivity index (χ3n) is 5.09. The quantitative estimate of drug-likeness (QED) is 0.840. The molecule has 24 heavy (non-hydrogen) atoms. The normalized spacial score (nSPS) is 22.5. The molecular formula is C20H29FN2O. The molecule has 2 saturated heterocycles. The van der Waals surface area contributed by atoms with E-state index in [2.05, 4.69) is 22.8 Å². The number of benzene rings is 1. The van der Waals surface area contributed by atoms with Gasteiger partial charge >= 0.3 is 0 Å². The Balaban J connectivity index is 1.51. The Kier molecular flexibility index (Phi) is 6.41. The summed E-state index contributed by atoms with van der Waals surface area (Å²) < 4.78 is 18.5. The maximum atomic E-state index is 13.0. The highest BCUT2D eigenvalue weighted by molar-refractivity contribution is 5.52. The molecule has 3 rings (SSSR count). The van der Waals surface area contributed by atoms with Gasteiger partial charge in [0.25, 0.3) is 0 Å². The molecule has 1 aromatic rings. The van der Waals surface area contributed by atoms with Crippen LogP contribution in [0.5, 0.6) is 0 Å². The van der Waals surface area contributed by atoms with Crippen LogP contribution in [0.4, 0.5) is 4.39 Å². The summed E-state index contributed by atoms with van der Waals surface area (Å²) in [6.45, 7) is 9.68. The van der Waals surface area contributed by atoms with E-state index in [1.54, 1.807) is 0 Å². The minimum absolute atomic E-state index is 0.175. The molecule has 0 atom stereocenters. The molecule has 0 N–H and O–H groups in total. The summed E-state index contributed by atoms with van der Waals surface area (Å²) in [6.07, 6.45) is 5.77. The molecule has 0 bridgehead atoms. The van der Waals surface area contributed by atoms with Gasteiger partial charge in [-0.1, -0.05) is 23.8 Å². The lowest BCUT2D eigenvalue weighted by atomic mass is 10.1. The molecular weight excluding hydrogens is 303 g/mol. The molecule has 2 aliphatic rings. The van der Waals surface area contributed by atoms with Crippen molar-refractivity contribution in [3.63, 3.8) is 0 Å². The molecule has 0 unspecified atom stereocenters. The maximum absolute atomic E-state index is 13.0. The van der Waals surface area contributed by atoms with Gasteiger partial charge in [0.05, 0.1) is 0 Å². The van der Waals surface area contributed by atoms with Crippen LogP contribution in [0.3, 0.4) is 0 Å². The van der Waals surface area contributed by atoms with Crippen LogP contribution in [-0.4, -0.2) is 61.8 Å². The summed E-state index contributed by atoms with van der Waals surface area (Å²) >= 11 is 0. The van der Waals surface area contributed by atoms with Crippen LogP contribution < -0.4 is 0 Å². The Labute approximate surface area is 145 Å². The monoisotopic (exact) mass is 332 g/mol. The van der Waals surface area contributed by atoms with Gasteiger partial charge in [-0.2, -0.15) is 0 Å². The second-order valence-corrected chi connectivity index (χ2v) is 7.05. The summed E-state index contributed by atoms with van der Waals surface area (Å²) in [5.41, 5.74) is 2.41. The second kappa shape index (κ2) is 8.75. The molecule has 3 nitrogen and oxygen atoms in total. The van der Waals surface area contributed by atoms with Crippen LogP contribution in [-0.2, 0) is 4.74 Å². The minimum atomic E-state index is -0.175. The first-order valence-corrected chi connectivity index (χ1v) is 9.17. The SMILES string of the molecule is C/C(=C\c1ccc(F)cc1)CN1CCCN(C2CCOCC2)CC1. The van der Waals surface area contributed by atoms with E-state index in [-0.39, 0.29) is 5.82 Å². The highest BCUT2D eigenvalue weighted by Gasteiger charge is 2.23. The average Bonchev–Trinajstić information content (AvgIpc) is 2.83. The van der Waals surface area contributed by atoms with Crippen molar-refractivity contribution in [2.45, 2.75) is 32.2 Å². The fourth-order valence-corrected chi connectivity index (χ4v) is 3.81. The van der Waals surface area contributed by atoms with Crippen LogP contribution in [0, 0.1) is 5.82 Å². The standard InChI is InChI=1S/C20H29FN2O/c1-17(15-18-3-5-19(21)6-4-18)16-22-9-2-10-23(12-11-22)20-7-13-24-14-8-20/h3-6,15,20H,2,7-14,16H2,1H3/b17-15+. The molecule has 2 fully saturated rings. The van der Waals surface area contributed by atoms with Gasteiger partial charge in [-0.25, -0.2) is 4.39 Å². The molecule has 2 heterocycles. The van der Waals surface area contributed by atoms with Crippen molar-refractivity contribution in [1.82, 2.24) is 9.80 Å². The molecule has 0 aliphatic carbocycles. The van der Waals surface area contributed by atoms with Gasteiger partial charge < -0.3 is 4.74 Å². The number of halogens is 1. The zero-order valence-electron chi connectivity index (χ0n) is 14.7. The molecule has 4 heteroatoms. The van der Waals surface area contributed by atoms with Crippen LogP contribution in [0.2, 0.25) is 0 Å². The molecule has 0 aromatic heterocycles. The van der Waals surface area contributed by atoms with E-state index in [1.165, 1.54) is 43.5 Å². The van der Waals surface area contributed by atoms with Crippen molar-refractivity contribution in [1.29, 1.82) is 0 Å². The van der Waals surface area contributed by atoms with E-state index >= 15 is 0 Å². The first kappa shape index (κ1) is 17.6. The van der Waals surface area contributed by atoms with Gasteiger partial charge in [0.2, 0.25) is 0 Å². The summed E-state index contributed by atoms with van der Waals surface area (Å²) in [6, 6.07) is 7.45. The molecule has 1 aromatic carbocycles. The van der Waals surface area contributed by atoms with Gasteiger partial charge in [-0.05, 0) is 57.0 Å². The maximum Gasteiger partial charge on any atom is 0.123 e. The number of nitrogens with zero attached hydrogens (tertiary/aromatic N) is 2. The average molecular weight is 332 g/mol. The molecule has 132 valence electrons. The fourth-order valence-electron chi connectivity index (χ4n) is 3.81. The van der Waals surface area contributed by atoms with Crippen molar-refractivity contribution in [3.8, 4) is 0 Å². The van der Waals surface area contributed by atoms with E-state index < -0.39 is 0 Å². The fraction of sp³-hybridized carbons (Fsp3) is 0.600. The second-order valence-electron chi connectivity index (χ2n) is 7.05. The van der Waals surface area contributed by atoms with E-state index in [0.29, 0.717) is 0 Å². The van der Waals surface area contributed by atoms with Gasteiger partial charge in [0.15, 0.2) is 0 Å². The van der Waals surface area contributed by atoms with Crippen LogP contribution in [0.15, 0.2) is 29.8 Å². The zero-order chi connectivity index (χ0) is 16.8. The Hall–Kier alpha value is -1.23. The molecule has 0 spiro atoms. The summed E-state index contributed by atoms with van der Waals surface area (Å²) in [4.78, 5) is 5.22. The topological polar surface area (TPSA) is 15.7 Å². The Morgan fingerprint density at radius 2 is 1.88 bits per heavy atom. The molecule has 2 aliphatic heterocycles. The third kappa shape index (κ3) is 5.13. The summed E-state index contributed by atoms with van der Waals surface area (Å²) in [7, 11) is 0. The van der Waals surface area contributed by atoms with E-state index in [4.69, 9.17) is 4.74 Å². The van der Waals surface area contributed by atoms with Crippen molar-refractivity contribution in [3.05, 3.63) is 41.2 Å². The van der Waals surface area contributed by atoms with E-state index in [9.17, 15) is 4.39 Å².